The maximum Gasteiger partial charge on any atom is 0.225 e. The first-order valence-electron chi connectivity index (χ1n) is 15.8. The molecule has 1 aliphatic rings. The number of likely N-dealkylation sites (N-methyl/N-ethyl adjacent to an activating group) is 1. The number of likely N-dealkylation sites (tertiary alicyclic amines) is 1. The lowest BCUT2D eigenvalue weighted by Crippen LogP contribution is -2.52. The van der Waals surface area contributed by atoms with E-state index < -0.39 is 6.10 Å². The molecule has 5 unspecified atom stereocenters. The smallest absolute Gasteiger partial charge is 0.225 e. The molecule has 0 aromatic carbocycles. The molecule has 0 aromatic heterocycles. The van der Waals surface area contributed by atoms with Gasteiger partial charge in [0, 0.05) is 40.8 Å². The van der Waals surface area contributed by atoms with Crippen LogP contribution in [0.2, 0.25) is 0 Å². The van der Waals surface area contributed by atoms with Crippen LogP contribution in [0.1, 0.15) is 80.6 Å². The maximum atomic E-state index is 13.3. The van der Waals surface area contributed by atoms with Crippen molar-refractivity contribution in [2.75, 3.05) is 34.4 Å². The van der Waals surface area contributed by atoms with Crippen LogP contribution in [-0.4, -0.2) is 97.9 Å². The average molecular weight is 608 g/mol. The van der Waals surface area contributed by atoms with Gasteiger partial charge in [-0.2, -0.15) is 0 Å². The zero-order chi connectivity index (χ0) is 33.1. The molecule has 0 bridgehead atoms. The van der Waals surface area contributed by atoms with Gasteiger partial charge in [0.2, 0.25) is 18.2 Å². The van der Waals surface area contributed by atoms with Gasteiger partial charge in [-0.15, -0.1) is 0 Å². The van der Waals surface area contributed by atoms with Gasteiger partial charge in [0.1, 0.15) is 0 Å². The molecule has 1 heterocycles. The Bertz CT molecular complexity index is 887. The summed E-state index contributed by atoms with van der Waals surface area (Å²) in [4.78, 5) is 39.9. The summed E-state index contributed by atoms with van der Waals surface area (Å²) in [6.45, 7) is 19.0. The number of aliphatic hydroxyl groups excluding tert-OH is 1. The van der Waals surface area contributed by atoms with Crippen molar-refractivity contribution in [2.24, 2.45) is 17.8 Å². The Balaban J connectivity index is 0.00000114. The Labute approximate surface area is 261 Å². The number of nitrogens with zero attached hydrogens (tertiary/aromatic N) is 2. The number of carbonyl (C=O) groups excluding carboxylic acids is 3. The van der Waals surface area contributed by atoms with Crippen molar-refractivity contribution in [1.82, 2.24) is 15.1 Å². The minimum atomic E-state index is -0.681. The molecule has 3 amide bonds. The molecule has 9 heteroatoms. The number of methoxy groups -OCH3 is 2. The number of ether oxygens (including phenoxy) is 2. The number of hydrogen-bond donors (Lipinski definition) is 2. The fourth-order valence-electron chi connectivity index (χ4n) is 5.73. The number of amides is 3. The highest BCUT2D eigenvalue weighted by atomic mass is 16.5. The van der Waals surface area contributed by atoms with Crippen molar-refractivity contribution < 1.29 is 29.0 Å². The molecule has 1 saturated heterocycles. The van der Waals surface area contributed by atoms with E-state index in [0.717, 1.165) is 31.4 Å². The third kappa shape index (κ3) is 13.8. The Morgan fingerprint density at radius 2 is 1.79 bits per heavy atom. The summed E-state index contributed by atoms with van der Waals surface area (Å²) in [7, 11) is 5.25. The summed E-state index contributed by atoms with van der Waals surface area (Å²) in [6, 6.07) is -0.0121. The third-order valence-electron chi connectivity index (χ3n) is 8.09. The lowest BCUT2D eigenvalue weighted by molar-refractivity contribution is -0.144. The van der Waals surface area contributed by atoms with Gasteiger partial charge >= 0.3 is 0 Å². The SMILES string of the molecule is C=C/C=C(\C=C/C)C(O)CNC=O.CCC(C)C(C(CC(=O)N1CCC[C@H]1C(OC)C(C)C)OC)N(C)C(=O)CC(C)C. The number of carbonyl (C=O) groups is 3. The normalized spacial score (nSPS) is 19.0. The van der Waals surface area contributed by atoms with Crippen molar-refractivity contribution in [3.05, 3.63) is 36.5 Å². The van der Waals surface area contributed by atoms with E-state index in [1.165, 1.54) is 0 Å². The van der Waals surface area contributed by atoms with E-state index in [2.05, 4.69) is 53.4 Å². The first-order chi connectivity index (χ1) is 20.3. The van der Waals surface area contributed by atoms with Crippen molar-refractivity contribution in [3.63, 3.8) is 0 Å². The summed E-state index contributed by atoms with van der Waals surface area (Å²) in [5, 5.41) is 11.9. The van der Waals surface area contributed by atoms with Crippen molar-refractivity contribution in [2.45, 2.75) is 111 Å². The Kier molecular flexibility index (Phi) is 20.8. The van der Waals surface area contributed by atoms with Crippen molar-refractivity contribution >= 4 is 18.2 Å². The van der Waals surface area contributed by atoms with Crippen LogP contribution in [0.25, 0.3) is 0 Å². The maximum absolute atomic E-state index is 13.3. The predicted molar refractivity (Wildman–Crippen MR) is 174 cm³/mol. The second kappa shape index (κ2) is 22.1. The van der Waals surface area contributed by atoms with Crippen LogP contribution in [0.15, 0.2) is 36.5 Å². The van der Waals surface area contributed by atoms with E-state index in [0.29, 0.717) is 24.7 Å². The van der Waals surface area contributed by atoms with E-state index in [-0.39, 0.29) is 55.0 Å². The molecule has 0 aromatic rings. The van der Waals surface area contributed by atoms with Crippen LogP contribution in [0.4, 0.5) is 0 Å². The summed E-state index contributed by atoms with van der Waals surface area (Å²) in [5.74, 6) is 1.10. The Morgan fingerprint density at radius 3 is 2.26 bits per heavy atom. The van der Waals surface area contributed by atoms with Gasteiger partial charge in [0.25, 0.3) is 0 Å². The highest BCUT2D eigenvalue weighted by Gasteiger charge is 2.39. The van der Waals surface area contributed by atoms with E-state index >= 15 is 0 Å². The lowest BCUT2D eigenvalue weighted by atomic mass is 9.90. The fourth-order valence-corrected chi connectivity index (χ4v) is 5.73. The predicted octanol–water partition coefficient (Wildman–Crippen LogP) is 4.75. The topological polar surface area (TPSA) is 108 Å². The minimum Gasteiger partial charge on any atom is -0.387 e. The first-order valence-corrected chi connectivity index (χ1v) is 15.8. The quantitative estimate of drug-likeness (QED) is 0.172. The summed E-state index contributed by atoms with van der Waals surface area (Å²) in [5.41, 5.74) is 0.729. The molecule has 0 radical (unpaired) electrons. The van der Waals surface area contributed by atoms with Gasteiger partial charge in [-0.3, -0.25) is 14.4 Å². The highest BCUT2D eigenvalue weighted by Crippen LogP contribution is 2.29. The molecule has 248 valence electrons. The summed E-state index contributed by atoms with van der Waals surface area (Å²) >= 11 is 0. The summed E-state index contributed by atoms with van der Waals surface area (Å²) < 4.78 is 11.6. The molecule has 0 aliphatic carbocycles. The number of aliphatic hydroxyl groups is 1. The molecule has 1 rings (SSSR count). The van der Waals surface area contributed by atoms with E-state index in [1.807, 2.05) is 29.8 Å². The van der Waals surface area contributed by atoms with Crippen LogP contribution < -0.4 is 5.32 Å². The number of hydrogen-bond acceptors (Lipinski definition) is 6. The standard InChI is InChI=1S/C24H46N2O4.C10H15NO2/c1-10-18(6)23(25(7)21(27)14-16(2)3)20(29-8)15-22(28)26-13-11-12-19(26)24(30-9)17(4)5;1-3-5-9(6-4-2)10(13)7-11-8-12/h16-20,23-24H,10-15H2,1-9H3;3-6,8,10,13H,1,7H2,2H3,(H,11,12)/b;6-4-,9-5+/t18?,19-,20?,23?,24?;/m0./s1. The lowest BCUT2D eigenvalue weighted by Gasteiger charge is -2.39. The van der Waals surface area contributed by atoms with Gasteiger partial charge in [-0.1, -0.05) is 78.8 Å². The zero-order valence-electron chi connectivity index (χ0n) is 28.5. The van der Waals surface area contributed by atoms with Gasteiger partial charge in [-0.05, 0) is 43.1 Å². The molecule has 2 N–H and O–H groups in total. The summed E-state index contributed by atoms with van der Waals surface area (Å²) in [6.07, 6.45) is 10.2. The molecule has 1 fully saturated rings. The largest absolute Gasteiger partial charge is 0.387 e. The van der Waals surface area contributed by atoms with Crippen molar-refractivity contribution in [1.29, 1.82) is 0 Å². The van der Waals surface area contributed by atoms with E-state index in [4.69, 9.17) is 9.47 Å². The molecule has 1 aliphatic heterocycles. The van der Waals surface area contributed by atoms with Crippen LogP contribution in [0.3, 0.4) is 0 Å². The first kappa shape index (κ1) is 40.5. The molecular formula is C34H61N3O6. The van der Waals surface area contributed by atoms with E-state index in [9.17, 15) is 19.5 Å². The molecular weight excluding hydrogens is 546 g/mol. The molecule has 6 atom stereocenters. The van der Waals surface area contributed by atoms with E-state index in [1.54, 1.807) is 32.4 Å². The van der Waals surface area contributed by atoms with Gasteiger partial charge in [-0.25, -0.2) is 0 Å². The van der Waals surface area contributed by atoms with Crippen LogP contribution in [0, 0.1) is 17.8 Å². The van der Waals surface area contributed by atoms with Crippen LogP contribution in [-0.2, 0) is 23.9 Å². The highest BCUT2D eigenvalue weighted by molar-refractivity contribution is 5.78. The molecule has 0 saturated carbocycles. The monoisotopic (exact) mass is 607 g/mol. The minimum absolute atomic E-state index is 0.0399. The molecule has 0 spiro atoms. The second-order valence-corrected chi connectivity index (χ2v) is 12.1. The number of rotatable bonds is 18. The second-order valence-electron chi connectivity index (χ2n) is 12.1. The molecule has 9 nitrogen and oxygen atoms in total. The van der Waals surface area contributed by atoms with Crippen molar-refractivity contribution in [3.8, 4) is 0 Å². The van der Waals surface area contributed by atoms with Gasteiger partial charge in [0.15, 0.2) is 0 Å². The fraction of sp³-hybridized carbons (Fsp3) is 0.735. The Hall–Kier alpha value is -2.49. The third-order valence-corrected chi connectivity index (χ3v) is 8.09. The van der Waals surface area contributed by atoms with Crippen LogP contribution in [0.5, 0.6) is 0 Å². The average Bonchev–Trinajstić information content (AvgIpc) is 3.44. The number of nitrogens with one attached hydrogen (secondary N) is 1. The zero-order valence-corrected chi connectivity index (χ0v) is 28.5. The van der Waals surface area contributed by atoms with Gasteiger partial charge in [0.05, 0.1) is 36.8 Å². The van der Waals surface area contributed by atoms with Crippen LogP contribution >= 0.6 is 0 Å². The molecule has 43 heavy (non-hydrogen) atoms. The van der Waals surface area contributed by atoms with Gasteiger partial charge < -0.3 is 29.7 Å². The number of allylic oxidation sites excluding steroid dienone is 3. The Morgan fingerprint density at radius 1 is 1.14 bits per heavy atom.